The van der Waals surface area contributed by atoms with Gasteiger partial charge < -0.3 is 14.6 Å². The maximum absolute atomic E-state index is 13.4. The van der Waals surface area contributed by atoms with E-state index in [0.717, 1.165) is 0 Å². The summed E-state index contributed by atoms with van der Waals surface area (Å²) in [5.41, 5.74) is -2.27. The van der Waals surface area contributed by atoms with E-state index in [1.165, 1.54) is 26.4 Å². The molecular formula is C12H11FN2O5. The maximum atomic E-state index is 13.4. The number of methoxy groups -OCH3 is 2. The first kappa shape index (κ1) is 13.7. The van der Waals surface area contributed by atoms with Crippen LogP contribution >= 0.6 is 0 Å². The number of ether oxygens (including phenoxy) is 2. The fraction of sp³-hybridized carbons (Fsp3) is 0.167. The average molecular weight is 282 g/mol. The van der Waals surface area contributed by atoms with Crippen molar-refractivity contribution in [2.24, 2.45) is 0 Å². The van der Waals surface area contributed by atoms with Crippen LogP contribution in [0.25, 0.3) is 5.69 Å². The van der Waals surface area contributed by atoms with E-state index in [0.29, 0.717) is 10.3 Å². The normalized spacial score (nSPS) is 10.3. The molecule has 0 unspecified atom stereocenters. The molecule has 1 aromatic carbocycles. The van der Waals surface area contributed by atoms with Gasteiger partial charge in [-0.1, -0.05) is 0 Å². The number of nitrogens with one attached hydrogen (secondary N) is 1. The van der Waals surface area contributed by atoms with Crippen molar-refractivity contribution in [2.75, 3.05) is 14.2 Å². The third kappa shape index (κ3) is 2.11. The molecule has 0 amide bonds. The molecule has 1 aromatic heterocycles. The molecule has 20 heavy (non-hydrogen) atoms. The lowest BCUT2D eigenvalue weighted by molar-refractivity contribution is 0.375. The molecule has 0 saturated carbocycles. The van der Waals surface area contributed by atoms with Crippen molar-refractivity contribution in [1.82, 2.24) is 9.55 Å². The topological polar surface area (TPSA) is 93.6 Å². The SMILES string of the molecule is COc1ccc(OC)c(-n2c(O)c(F)c(=O)[nH]c2=O)c1. The lowest BCUT2D eigenvalue weighted by Crippen LogP contribution is -2.31. The number of nitrogens with zero attached hydrogens (tertiary/aromatic N) is 1. The smallest absolute Gasteiger partial charge is 0.336 e. The summed E-state index contributed by atoms with van der Waals surface area (Å²) in [5, 5.41) is 9.67. The maximum Gasteiger partial charge on any atom is 0.336 e. The van der Waals surface area contributed by atoms with Gasteiger partial charge in [0.1, 0.15) is 11.5 Å². The Kier molecular flexibility index (Phi) is 3.47. The summed E-state index contributed by atoms with van der Waals surface area (Å²) in [7, 11) is 2.75. The number of hydrogen-bond acceptors (Lipinski definition) is 5. The molecule has 7 nitrogen and oxygen atoms in total. The summed E-state index contributed by atoms with van der Waals surface area (Å²) in [6, 6.07) is 4.40. The van der Waals surface area contributed by atoms with Crippen LogP contribution in [0.3, 0.4) is 0 Å². The first-order chi connectivity index (χ1) is 9.49. The summed E-state index contributed by atoms with van der Waals surface area (Å²) in [4.78, 5) is 24.6. The monoisotopic (exact) mass is 282 g/mol. The molecule has 8 heteroatoms. The molecule has 0 aliphatic rings. The third-order valence-corrected chi connectivity index (χ3v) is 2.66. The molecule has 2 rings (SSSR count). The Labute approximate surface area is 111 Å². The molecule has 0 bridgehead atoms. The van der Waals surface area contributed by atoms with Gasteiger partial charge in [-0.15, -0.1) is 0 Å². The summed E-state index contributed by atoms with van der Waals surface area (Å²) in [6.45, 7) is 0. The molecule has 0 aliphatic heterocycles. The predicted molar refractivity (Wildman–Crippen MR) is 67.4 cm³/mol. The van der Waals surface area contributed by atoms with Crippen LogP contribution in [0.15, 0.2) is 27.8 Å². The molecule has 0 atom stereocenters. The van der Waals surface area contributed by atoms with Gasteiger partial charge >= 0.3 is 5.69 Å². The van der Waals surface area contributed by atoms with E-state index in [1.807, 2.05) is 0 Å². The van der Waals surface area contributed by atoms with Gasteiger partial charge in [-0.25, -0.2) is 9.36 Å². The standard InChI is InChI=1S/C12H11FN2O5/c1-19-6-3-4-8(20-2)7(5-6)15-11(17)9(13)10(16)14-12(15)18/h3-5,17H,1-2H3,(H,14,16,18). The number of halogens is 1. The van der Waals surface area contributed by atoms with E-state index in [9.17, 15) is 19.1 Å². The zero-order chi connectivity index (χ0) is 14.9. The Balaban J connectivity index is 2.84. The van der Waals surface area contributed by atoms with E-state index in [-0.39, 0.29) is 11.4 Å². The van der Waals surface area contributed by atoms with Crippen molar-refractivity contribution in [3.8, 4) is 23.1 Å². The molecule has 0 saturated heterocycles. The van der Waals surface area contributed by atoms with Crippen molar-refractivity contribution in [3.05, 3.63) is 44.9 Å². The van der Waals surface area contributed by atoms with Gasteiger partial charge in [0.15, 0.2) is 0 Å². The Hall–Kier alpha value is -2.77. The average Bonchev–Trinajstić information content (AvgIpc) is 2.44. The molecule has 0 spiro atoms. The Morgan fingerprint density at radius 2 is 1.95 bits per heavy atom. The third-order valence-electron chi connectivity index (χ3n) is 2.66. The van der Waals surface area contributed by atoms with Crippen molar-refractivity contribution in [3.63, 3.8) is 0 Å². The molecule has 0 fully saturated rings. The lowest BCUT2D eigenvalue weighted by atomic mass is 10.2. The number of benzene rings is 1. The second-order valence-electron chi connectivity index (χ2n) is 3.77. The van der Waals surface area contributed by atoms with Gasteiger partial charge in [0, 0.05) is 6.07 Å². The van der Waals surface area contributed by atoms with Crippen molar-refractivity contribution >= 4 is 0 Å². The number of aromatic nitrogens is 2. The van der Waals surface area contributed by atoms with Gasteiger partial charge in [-0.3, -0.25) is 9.78 Å². The quantitative estimate of drug-likeness (QED) is 0.849. The second-order valence-corrected chi connectivity index (χ2v) is 3.77. The molecular weight excluding hydrogens is 271 g/mol. The Morgan fingerprint density at radius 1 is 1.25 bits per heavy atom. The molecule has 2 N–H and O–H groups in total. The molecule has 2 aromatic rings. The highest BCUT2D eigenvalue weighted by atomic mass is 19.1. The predicted octanol–water partition coefficient (Wildman–Crippen LogP) is 0.388. The fourth-order valence-electron chi connectivity index (χ4n) is 1.70. The van der Waals surface area contributed by atoms with Crippen LogP contribution in [-0.2, 0) is 0 Å². The van der Waals surface area contributed by atoms with Crippen LogP contribution in [0.5, 0.6) is 17.4 Å². The second kappa shape index (κ2) is 5.08. The van der Waals surface area contributed by atoms with E-state index in [2.05, 4.69) is 0 Å². The van der Waals surface area contributed by atoms with E-state index in [4.69, 9.17) is 9.47 Å². The van der Waals surface area contributed by atoms with Crippen LogP contribution < -0.4 is 20.7 Å². The highest BCUT2D eigenvalue weighted by Gasteiger charge is 2.18. The van der Waals surface area contributed by atoms with Gasteiger partial charge in [-0.2, -0.15) is 4.39 Å². The van der Waals surface area contributed by atoms with Crippen LogP contribution in [0, 0.1) is 5.82 Å². The van der Waals surface area contributed by atoms with Crippen molar-refractivity contribution < 1.29 is 19.0 Å². The zero-order valence-electron chi connectivity index (χ0n) is 10.6. The minimum Gasteiger partial charge on any atom is -0.497 e. The van der Waals surface area contributed by atoms with Gasteiger partial charge in [0.05, 0.1) is 19.9 Å². The molecule has 0 aliphatic carbocycles. The van der Waals surface area contributed by atoms with E-state index < -0.39 is 22.9 Å². The lowest BCUT2D eigenvalue weighted by Gasteiger charge is -2.13. The van der Waals surface area contributed by atoms with Crippen LogP contribution in [0.1, 0.15) is 0 Å². The minimum absolute atomic E-state index is 0.0319. The van der Waals surface area contributed by atoms with E-state index >= 15 is 0 Å². The van der Waals surface area contributed by atoms with Crippen molar-refractivity contribution in [2.45, 2.75) is 0 Å². The molecule has 0 radical (unpaired) electrons. The Bertz CT molecular complexity index is 765. The highest BCUT2D eigenvalue weighted by Crippen LogP contribution is 2.29. The van der Waals surface area contributed by atoms with Crippen LogP contribution in [0.4, 0.5) is 4.39 Å². The minimum atomic E-state index is -1.46. The first-order valence-corrected chi connectivity index (χ1v) is 5.45. The van der Waals surface area contributed by atoms with E-state index in [1.54, 1.807) is 11.1 Å². The summed E-state index contributed by atoms with van der Waals surface area (Å²) < 4.78 is 24.1. The molecule has 1 heterocycles. The van der Waals surface area contributed by atoms with Gasteiger partial charge in [0.2, 0.25) is 11.7 Å². The number of aromatic amines is 1. The summed E-state index contributed by atoms with van der Waals surface area (Å²) >= 11 is 0. The zero-order valence-corrected chi connectivity index (χ0v) is 10.6. The molecule has 106 valence electrons. The van der Waals surface area contributed by atoms with Crippen molar-refractivity contribution in [1.29, 1.82) is 0 Å². The summed E-state index contributed by atoms with van der Waals surface area (Å²) in [6.07, 6.45) is 0. The number of H-pyrrole nitrogens is 1. The van der Waals surface area contributed by atoms with Crippen LogP contribution in [0.2, 0.25) is 0 Å². The summed E-state index contributed by atoms with van der Waals surface area (Å²) in [5.74, 6) is -2.02. The fourth-order valence-corrected chi connectivity index (χ4v) is 1.70. The number of aromatic hydroxyl groups is 1. The largest absolute Gasteiger partial charge is 0.497 e. The van der Waals surface area contributed by atoms with Gasteiger partial charge in [0.25, 0.3) is 5.56 Å². The number of rotatable bonds is 3. The number of hydrogen-bond donors (Lipinski definition) is 2. The van der Waals surface area contributed by atoms with Gasteiger partial charge in [-0.05, 0) is 12.1 Å². The Morgan fingerprint density at radius 3 is 2.55 bits per heavy atom. The highest BCUT2D eigenvalue weighted by molar-refractivity contribution is 5.52. The first-order valence-electron chi connectivity index (χ1n) is 5.45. The van der Waals surface area contributed by atoms with Crippen LogP contribution in [-0.4, -0.2) is 28.9 Å².